The second kappa shape index (κ2) is 8.74. The van der Waals surface area contributed by atoms with Crippen LogP contribution in [-0.2, 0) is 27.6 Å². The Kier molecular flexibility index (Phi) is 6.17. The lowest BCUT2D eigenvalue weighted by atomic mass is 10.0. The van der Waals surface area contributed by atoms with Crippen LogP contribution in [0, 0.1) is 13.8 Å². The second-order valence-electron chi connectivity index (χ2n) is 9.30. The van der Waals surface area contributed by atoms with Crippen molar-refractivity contribution in [3.8, 4) is 0 Å². The maximum atomic E-state index is 13.5. The number of carbonyl (C=O) groups excluding carboxylic acids is 1. The molecule has 5 nitrogen and oxygen atoms in total. The van der Waals surface area contributed by atoms with Gasteiger partial charge in [-0.1, -0.05) is 50.2 Å². The summed E-state index contributed by atoms with van der Waals surface area (Å²) >= 11 is 0. The molecule has 170 valence electrons. The van der Waals surface area contributed by atoms with E-state index in [2.05, 4.69) is 26.0 Å². The quantitative estimate of drug-likeness (QED) is 0.531. The zero-order valence-electron chi connectivity index (χ0n) is 19.2. The van der Waals surface area contributed by atoms with E-state index in [1.54, 1.807) is 11.2 Å². The van der Waals surface area contributed by atoms with Gasteiger partial charge in [0.15, 0.2) is 9.84 Å². The highest BCUT2D eigenvalue weighted by atomic mass is 32.2. The van der Waals surface area contributed by atoms with Gasteiger partial charge in [0.2, 0.25) is 5.91 Å². The highest BCUT2D eigenvalue weighted by Gasteiger charge is 2.35. The third-order valence-electron chi connectivity index (χ3n) is 6.65. The predicted molar refractivity (Wildman–Crippen MR) is 128 cm³/mol. The molecule has 1 aliphatic heterocycles. The van der Waals surface area contributed by atoms with Crippen molar-refractivity contribution in [2.24, 2.45) is 0 Å². The summed E-state index contributed by atoms with van der Waals surface area (Å²) in [5.74, 6) is 0.540. The molecule has 32 heavy (non-hydrogen) atoms. The van der Waals surface area contributed by atoms with E-state index in [9.17, 15) is 13.2 Å². The number of fused-ring (bicyclic) bond motifs is 1. The number of carbonyl (C=O) groups is 1. The minimum atomic E-state index is -3.10. The van der Waals surface area contributed by atoms with Gasteiger partial charge in [0.1, 0.15) is 5.58 Å². The molecule has 0 radical (unpaired) electrons. The number of hydrogen-bond acceptors (Lipinski definition) is 4. The largest absolute Gasteiger partial charge is 0.464 e. The van der Waals surface area contributed by atoms with Gasteiger partial charge in [0, 0.05) is 23.5 Å². The maximum absolute atomic E-state index is 13.5. The van der Waals surface area contributed by atoms with Crippen molar-refractivity contribution in [3.05, 3.63) is 70.5 Å². The lowest BCUT2D eigenvalue weighted by Gasteiger charge is -2.28. The zero-order valence-corrected chi connectivity index (χ0v) is 20.0. The van der Waals surface area contributed by atoms with Gasteiger partial charge in [-0.2, -0.15) is 0 Å². The second-order valence-corrected chi connectivity index (χ2v) is 11.5. The van der Waals surface area contributed by atoms with E-state index in [1.807, 2.05) is 38.1 Å². The predicted octanol–water partition coefficient (Wildman–Crippen LogP) is 4.93. The lowest BCUT2D eigenvalue weighted by molar-refractivity contribution is -0.133. The first kappa shape index (κ1) is 22.6. The molecule has 0 spiro atoms. The number of hydrogen-bond donors (Lipinski definition) is 0. The lowest BCUT2D eigenvalue weighted by Crippen LogP contribution is -2.41. The number of amides is 1. The van der Waals surface area contributed by atoms with Crippen LogP contribution in [0.15, 0.2) is 47.1 Å². The molecular formula is C26H31NO4S. The van der Waals surface area contributed by atoms with Crippen molar-refractivity contribution in [3.63, 3.8) is 0 Å². The molecule has 1 atom stereocenters. The van der Waals surface area contributed by atoms with Crippen LogP contribution in [-0.4, -0.2) is 36.8 Å². The normalized spacial score (nSPS) is 17.8. The van der Waals surface area contributed by atoms with Crippen LogP contribution >= 0.6 is 0 Å². The Morgan fingerprint density at radius 3 is 2.47 bits per heavy atom. The van der Waals surface area contributed by atoms with Crippen LogP contribution in [0.3, 0.4) is 0 Å². The first-order chi connectivity index (χ1) is 15.1. The zero-order chi connectivity index (χ0) is 23.0. The Labute approximate surface area is 190 Å². The van der Waals surface area contributed by atoms with E-state index in [-0.39, 0.29) is 29.9 Å². The van der Waals surface area contributed by atoms with E-state index in [1.165, 1.54) is 5.56 Å². The molecule has 1 saturated heterocycles. The van der Waals surface area contributed by atoms with Crippen molar-refractivity contribution < 1.29 is 17.6 Å². The van der Waals surface area contributed by atoms with E-state index < -0.39 is 9.84 Å². The topological polar surface area (TPSA) is 67.6 Å². The van der Waals surface area contributed by atoms with Crippen molar-refractivity contribution in [1.82, 2.24) is 4.90 Å². The minimum absolute atomic E-state index is 0.0350. The molecule has 3 aromatic rings. The number of benzene rings is 2. The van der Waals surface area contributed by atoms with Gasteiger partial charge >= 0.3 is 0 Å². The Bertz CT molecular complexity index is 1240. The first-order valence-corrected chi connectivity index (χ1v) is 13.0. The fourth-order valence-corrected chi connectivity index (χ4v) is 6.17. The third kappa shape index (κ3) is 4.60. The van der Waals surface area contributed by atoms with Crippen molar-refractivity contribution in [1.29, 1.82) is 0 Å². The minimum Gasteiger partial charge on any atom is -0.464 e. The summed E-state index contributed by atoms with van der Waals surface area (Å²) in [6, 6.07) is 12.0. The number of rotatable bonds is 6. The van der Waals surface area contributed by atoms with Crippen molar-refractivity contribution in [2.45, 2.75) is 59.0 Å². The molecular weight excluding hydrogens is 422 g/mol. The molecule has 2 aromatic carbocycles. The molecule has 1 unspecified atom stereocenters. The van der Waals surface area contributed by atoms with E-state index in [0.717, 1.165) is 33.2 Å². The molecule has 1 amide bonds. The molecule has 0 N–H and O–H groups in total. The number of sulfone groups is 1. The van der Waals surface area contributed by atoms with Gasteiger partial charge in [-0.05, 0) is 48.4 Å². The molecule has 1 aliphatic rings. The van der Waals surface area contributed by atoms with Gasteiger partial charge in [-0.15, -0.1) is 0 Å². The van der Waals surface area contributed by atoms with Crippen LogP contribution in [0.1, 0.15) is 54.0 Å². The number of aryl methyl sites for hydroxylation is 2. The highest BCUT2D eigenvalue weighted by Crippen LogP contribution is 2.28. The van der Waals surface area contributed by atoms with Crippen LogP contribution in [0.25, 0.3) is 11.0 Å². The van der Waals surface area contributed by atoms with Gasteiger partial charge in [0.05, 0.1) is 24.2 Å². The number of furan rings is 1. The summed E-state index contributed by atoms with van der Waals surface area (Å²) in [4.78, 5) is 15.2. The maximum Gasteiger partial charge on any atom is 0.227 e. The standard InChI is InChI=1S/C26H31NO4S/c1-17(2)21-8-6-20(7-9-21)14-27(23-11-12-32(29,30)16-23)25(28)13-22-15-31-26-19(4)18(3)5-10-24(22)26/h5-10,15,17,23H,11-14,16H2,1-4H3. The van der Waals surface area contributed by atoms with Crippen molar-refractivity contribution >= 4 is 26.7 Å². The van der Waals surface area contributed by atoms with Crippen LogP contribution in [0.5, 0.6) is 0 Å². The molecule has 1 fully saturated rings. The Morgan fingerprint density at radius 2 is 1.84 bits per heavy atom. The fraction of sp³-hybridized carbons (Fsp3) is 0.423. The van der Waals surface area contributed by atoms with Gasteiger partial charge in [-0.25, -0.2) is 8.42 Å². The molecule has 0 aliphatic carbocycles. The van der Waals surface area contributed by atoms with Gasteiger partial charge in [0.25, 0.3) is 0 Å². The summed E-state index contributed by atoms with van der Waals surface area (Å²) in [7, 11) is -3.10. The third-order valence-corrected chi connectivity index (χ3v) is 8.40. The highest BCUT2D eigenvalue weighted by molar-refractivity contribution is 7.91. The molecule has 0 bridgehead atoms. The summed E-state index contributed by atoms with van der Waals surface area (Å²) < 4.78 is 30.1. The first-order valence-electron chi connectivity index (χ1n) is 11.2. The summed E-state index contributed by atoms with van der Waals surface area (Å²) in [5, 5.41) is 0.946. The summed E-state index contributed by atoms with van der Waals surface area (Å²) in [6.07, 6.45) is 2.34. The van der Waals surface area contributed by atoms with Crippen LogP contribution in [0.2, 0.25) is 0 Å². The monoisotopic (exact) mass is 453 g/mol. The SMILES string of the molecule is Cc1ccc2c(CC(=O)N(Cc3ccc(C(C)C)cc3)C3CCS(=O)(=O)C3)coc2c1C. The van der Waals surface area contributed by atoms with E-state index in [4.69, 9.17) is 4.42 Å². The average Bonchev–Trinajstić information content (AvgIpc) is 3.32. The molecule has 1 aromatic heterocycles. The Hall–Kier alpha value is -2.60. The Balaban J connectivity index is 1.61. The summed E-state index contributed by atoms with van der Waals surface area (Å²) in [6.45, 7) is 8.75. The summed E-state index contributed by atoms with van der Waals surface area (Å²) in [5.41, 5.74) is 6.12. The van der Waals surface area contributed by atoms with Crippen LogP contribution in [0.4, 0.5) is 0 Å². The van der Waals surface area contributed by atoms with Crippen LogP contribution < -0.4 is 0 Å². The molecule has 0 saturated carbocycles. The Morgan fingerprint density at radius 1 is 1.12 bits per heavy atom. The van der Waals surface area contributed by atoms with Crippen molar-refractivity contribution in [2.75, 3.05) is 11.5 Å². The molecule has 6 heteroatoms. The number of nitrogens with zero attached hydrogens (tertiary/aromatic N) is 1. The molecule has 4 rings (SSSR count). The smallest absolute Gasteiger partial charge is 0.227 e. The van der Waals surface area contributed by atoms with Gasteiger partial charge < -0.3 is 9.32 Å². The fourth-order valence-electron chi connectivity index (χ4n) is 4.44. The van der Waals surface area contributed by atoms with E-state index >= 15 is 0 Å². The molecule has 2 heterocycles. The van der Waals surface area contributed by atoms with E-state index in [0.29, 0.717) is 18.9 Å². The van der Waals surface area contributed by atoms with Gasteiger partial charge in [-0.3, -0.25) is 4.79 Å². The average molecular weight is 454 g/mol.